The van der Waals surface area contributed by atoms with E-state index in [-0.39, 0.29) is 0 Å². The van der Waals surface area contributed by atoms with Gasteiger partial charge in [-0.05, 0) is 43.5 Å². The van der Waals surface area contributed by atoms with Crippen LogP contribution < -0.4 is 0 Å². The molecule has 94 valence electrons. The van der Waals surface area contributed by atoms with Crippen molar-refractivity contribution < 1.29 is 5.11 Å². The normalized spacial score (nSPS) is 25.1. The summed E-state index contributed by atoms with van der Waals surface area (Å²) in [6.07, 6.45) is 5.42. The number of rotatable bonds is 3. The highest BCUT2D eigenvalue weighted by molar-refractivity contribution is 5.27. The minimum Gasteiger partial charge on any atom is -0.508 e. The minimum absolute atomic E-state index is 0.368. The van der Waals surface area contributed by atoms with Gasteiger partial charge < -0.3 is 5.11 Å². The van der Waals surface area contributed by atoms with E-state index in [2.05, 4.69) is 24.9 Å². The van der Waals surface area contributed by atoms with Crippen molar-refractivity contribution in [3.8, 4) is 5.75 Å². The van der Waals surface area contributed by atoms with Gasteiger partial charge in [0.25, 0.3) is 0 Å². The van der Waals surface area contributed by atoms with Crippen LogP contribution in [0.1, 0.15) is 38.2 Å². The zero-order valence-corrected chi connectivity index (χ0v) is 10.9. The summed E-state index contributed by atoms with van der Waals surface area (Å²) in [5.41, 5.74) is 1.20. The summed E-state index contributed by atoms with van der Waals surface area (Å²) < 4.78 is 0. The molecule has 1 N–H and O–H groups in total. The van der Waals surface area contributed by atoms with Gasteiger partial charge in [-0.1, -0.05) is 31.9 Å². The highest BCUT2D eigenvalue weighted by atomic mass is 16.3. The first kappa shape index (κ1) is 12.4. The smallest absolute Gasteiger partial charge is 0.115 e. The molecule has 17 heavy (non-hydrogen) atoms. The van der Waals surface area contributed by atoms with E-state index in [1.165, 1.54) is 31.2 Å². The summed E-state index contributed by atoms with van der Waals surface area (Å²) in [5.74, 6) is 1.17. The number of aromatic hydroxyl groups is 1. The molecule has 1 aliphatic carbocycles. The highest BCUT2D eigenvalue weighted by Gasteiger charge is 2.24. The Hall–Kier alpha value is -1.02. The molecular formula is C15H23NO. The molecule has 0 saturated heterocycles. The zero-order chi connectivity index (χ0) is 12.3. The van der Waals surface area contributed by atoms with Crippen molar-refractivity contribution in [3.63, 3.8) is 0 Å². The lowest BCUT2D eigenvalue weighted by atomic mass is 9.85. The molecule has 1 saturated carbocycles. The molecule has 0 spiro atoms. The maximum absolute atomic E-state index is 9.47. The van der Waals surface area contributed by atoms with Gasteiger partial charge in [0, 0.05) is 12.6 Å². The van der Waals surface area contributed by atoms with Gasteiger partial charge in [0.1, 0.15) is 5.75 Å². The van der Waals surface area contributed by atoms with Crippen LogP contribution in [0.3, 0.4) is 0 Å². The Morgan fingerprint density at radius 3 is 2.76 bits per heavy atom. The molecule has 0 amide bonds. The second kappa shape index (κ2) is 5.54. The average Bonchev–Trinajstić information content (AvgIpc) is 2.29. The summed E-state index contributed by atoms with van der Waals surface area (Å²) in [4.78, 5) is 2.44. The van der Waals surface area contributed by atoms with Gasteiger partial charge in [-0.2, -0.15) is 0 Å². The topological polar surface area (TPSA) is 23.5 Å². The predicted molar refractivity (Wildman–Crippen MR) is 71.0 cm³/mol. The molecule has 2 unspecified atom stereocenters. The van der Waals surface area contributed by atoms with E-state index in [0.29, 0.717) is 11.8 Å². The van der Waals surface area contributed by atoms with Gasteiger partial charge >= 0.3 is 0 Å². The molecule has 2 rings (SSSR count). The first-order valence-electron chi connectivity index (χ1n) is 6.65. The van der Waals surface area contributed by atoms with E-state index in [1.807, 2.05) is 12.1 Å². The van der Waals surface area contributed by atoms with Crippen LogP contribution in [0.4, 0.5) is 0 Å². The van der Waals surface area contributed by atoms with Gasteiger partial charge in [-0.15, -0.1) is 0 Å². The number of hydrogen-bond donors (Lipinski definition) is 1. The van der Waals surface area contributed by atoms with Crippen molar-refractivity contribution >= 4 is 0 Å². The second-order valence-corrected chi connectivity index (χ2v) is 5.41. The van der Waals surface area contributed by atoms with Crippen LogP contribution in [0.15, 0.2) is 24.3 Å². The summed E-state index contributed by atoms with van der Waals surface area (Å²) in [6, 6.07) is 8.30. The molecule has 0 radical (unpaired) electrons. The molecule has 2 nitrogen and oxygen atoms in total. The Morgan fingerprint density at radius 2 is 2.06 bits per heavy atom. The Labute approximate surface area is 104 Å². The van der Waals surface area contributed by atoms with Crippen LogP contribution in [0.5, 0.6) is 5.75 Å². The van der Waals surface area contributed by atoms with E-state index in [9.17, 15) is 5.11 Å². The van der Waals surface area contributed by atoms with Crippen molar-refractivity contribution in [2.45, 2.75) is 45.2 Å². The molecule has 0 bridgehead atoms. The molecule has 1 aromatic carbocycles. The molecule has 0 heterocycles. The fourth-order valence-electron chi connectivity index (χ4n) is 3.01. The fourth-order valence-corrected chi connectivity index (χ4v) is 3.01. The van der Waals surface area contributed by atoms with Gasteiger partial charge in [-0.3, -0.25) is 4.90 Å². The molecule has 0 aliphatic heterocycles. The maximum atomic E-state index is 9.47. The van der Waals surface area contributed by atoms with Gasteiger partial charge in [0.05, 0.1) is 0 Å². The monoisotopic (exact) mass is 233 g/mol. The highest BCUT2D eigenvalue weighted by Crippen LogP contribution is 2.28. The second-order valence-electron chi connectivity index (χ2n) is 5.41. The van der Waals surface area contributed by atoms with Gasteiger partial charge in [0.15, 0.2) is 0 Å². The number of nitrogens with zero attached hydrogens (tertiary/aromatic N) is 1. The quantitative estimate of drug-likeness (QED) is 0.865. The number of phenolic OH excluding ortho intramolecular Hbond substituents is 1. The van der Waals surface area contributed by atoms with Crippen LogP contribution in [-0.4, -0.2) is 23.1 Å². The molecule has 1 fully saturated rings. The van der Waals surface area contributed by atoms with Crippen LogP contribution in [0.25, 0.3) is 0 Å². The van der Waals surface area contributed by atoms with Crippen molar-refractivity contribution in [2.75, 3.05) is 7.05 Å². The van der Waals surface area contributed by atoms with Crippen LogP contribution >= 0.6 is 0 Å². The van der Waals surface area contributed by atoms with Crippen LogP contribution in [0, 0.1) is 5.92 Å². The van der Waals surface area contributed by atoms with E-state index in [0.717, 1.165) is 12.5 Å². The Bertz CT molecular complexity index is 364. The van der Waals surface area contributed by atoms with Gasteiger partial charge in [-0.25, -0.2) is 0 Å². The molecule has 2 atom stereocenters. The fraction of sp³-hybridized carbons (Fsp3) is 0.600. The third-order valence-corrected chi connectivity index (χ3v) is 3.97. The standard InChI is InChI=1S/C15H23NO/c1-12-6-3-4-9-15(12)16(2)11-13-7-5-8-14(17)10-13/h5,7-8,10,12,15,17H,3-4,6,9,11H2,1-2H3. The van der Waals surface area contributed by atoms with Gasteiger partial charge in [0.2, 0.25) is 0 Å². The van der Waals surface area contributed by atoms with Crippen LogP contribution in [-0.2, 0) is 6.54 Å². The summed E-state index contributed by atoms with van der Waals surface area (Å²) in [6.45, 7) is 3.30. The molecule has 1 aromatic rings. The Kier molecular flexibility index (Phi) is 4.06. The summed E-state index contributed by atoms with van der Waals surface area (Å²) in [5, 5.41) is 9.47. The third kappa shape index (κ3) is 3.22. The first-order chi connectivity index (χ1) is 8.16. The number of benzene rings is 1. The SMILES string of the molecule is CC1CCCCC1N(C)Cc1cccc(O)c1. The van der Waals surface area contributed by atoms with E-state index >= 15 is 0 Å². The molecular weight excluding hydrogens is 210 g/mol. The largest absolute Gasteiger partial charge is 0.508 e. The lowest BCUT2D eigenvalue weighted by Gasteiger charge is -2.36. The lowest BCUT2D eigenvalue weighted by Crippen LogP contribution is -2.38. The maximum Gasteiger partial charge on any atom is 0.115 e. The predicted octanol–water partition coefficient (Wildman–Crippen LogP) is 3.40. The van der Waals surface area contributed by atoms with E-state index < -0.39 is 0 Å². The Morgan fingerprint density at radius 1 is 1.29 bits per heavy atom. The molecule has 1 aliphatic rings. The Balaban J connectivity index is 1.98. The van der Waals surface area contributed by atoms with Crippen molar-refractivity contribution in [2.24, 2.45) is 5.92 Å². The van der Waals surface area contributed by atoms with E-state index in [4.69, 9.17) is 0 Å². The average molecular weight is 233 g/mol. The summed E-state index contributed by atoms with van der Waals surface area (Å²) >= 11 is 0. The molecule has 0 aromatic heterocycles. The summed E-state index contributed by atoms with van der Waals surface area (Å²) in [7, 11) is 2.20. The number of hydrogen-bond acceptors (Lipinski definition) is 2. The van der Waals surface area contributed by atoms with Crippen molar-refractivity contribution in [1.82, 2.24) is 4.90 Å². The number of phenols is 1. The minimum atomic E-state index is 0.368. The lowest BCUT2D eigenvalue weighted by molar-refractivity contribution is 0.133. The van der Waals surface area contributed by atoms with Crippen LogP contribution in [0.2, 0.25) is 0 Å². The van der Waals surface area contributed by atoms with Crippen molar-refractivity contribution in [3.05, 3.63) is 29.8 Å². The third-order valence-electron chi connectivity index (χ3n) is 3.97. The first-order valence-corrected chi connectivity index (χ1v) is 6.65. The molecule has 2 heteroatoms. The zero-order valence-electron chi connectivity index (χ0n) is 10.9. The van der Waals surface area contributed by atoms with Crippen molar-refractivity contribution in [1.29, 1.82) is 0 Å². The van der Waals surface area contributed by atoms with E-state index in [1.54, 1.807) is 6.07 Å².